The molecule has 0 radical (unpaired) electrons. The number of hydrogen-bond acceptors (Lipinski definition) is 2. The first kappa shape index (κ1) is 13.8. The molecule has 0 aliphatic heterocycles. The van der Waals surface area contributed by atoms with Gasteiger partial charge in [0.2, 0.25) is 0 Å². The first-order valence-corrected chi connectivity index (χ1v) is 6.29. The van der Waals surface area contributed by atoms with Crippen molar-refractivity contribution in [2.75, 3.05) is 0 Å². The highest BCUT2D eigenvalue weighted by atomic mass is 31.0. The van der Waals surface area contributed by atoms with Crippen molar-refractivity contribution in [3.63, 3.8) is 0 Å². The van der Waals surface area contributed by atoms with Crippen LogP contribution in [0.25, 0.3) is 0 Å². The van der Waals surface area contributed by atoms with Gasteiger partial charge in [-0.05, 0) is 31.1 Å². The molecule has 2 rings (SSSR count). The van der Waals surface area contributed by atoms with Gasteiger partial charge in [0, 0.05) is 11.8 Å². The normalized spacial score (nSPS) is 21.5. The zero-order valence-corrected chi connectivity index (χ0v) is 11.3. The second-order valence-corrected chi connectivity index (χ2v) is 5.26. The molecule has 100 valence electrons. The van der Waals surface area contributed by atoms with Gasteiger partial charge in [0.25, 0.3) is 5.66 Å². The fourth-order valence-electron chi connectivity index (χ4n) is 1.83. The zero-order chi connectivity index (χ0) is 14.1. The second-order valence-electron chi connectivity index (χ2n) is 4.53. The molecular formula is C13H14F2N3P. The minimum atomic E-state index is -2.93. The quantitative estimate of drug-likeness (QED) is 0.359. The van der Waals surface area contributed by atoms with Crippen molar-refractivity contribution in [3.05, 3.63) is 47.2 Å². The third-order valence-electron chi connectivity index (χ3n) is 3.14. The van der Waals surface area contributed by atoms with Gasteiger partial charge in [0.15, 0.2) is 0 Å². The van der Waals surface area contributed by atoms with Crippen LogP contribution >= 0.6 is 9.24 Å². The van der Waals surface area contributed by atoms with E-state index < -0.39 is 11.1 Å². The van der Waals surface area contributed by atoms with Crippen LogP contribution in [0.1, 0.15) is 12.8 Å². The summed E-state index contributed by atoms with van der Waals surface area (Å²) in [6.07, 6.45) is 6.93. The molecule has 1 fully saturated rings. The van der Waals surface area contributed by atoms with E-state index in [1.165, 1.54) is 6.08 Å². The highest BCUT2D eigenvalue weighted by Gasteiger charge is 2.61. The zero-order valence-electron chi connectivity index (χ0n) is 10.2. The molecule has 1 atom stereocenters. The van der Waals surface area contributed by atoms with E-state index in [4.69, 9.17) is 11.5 Å². The summed E-state index contributed by atoms with van der Waals surface area (Å²) in [5.74, 6) is 0.0950. The first-order chi connectivity index (χ1) is 8.85. The fourth-order valence-corrected chi connectivity index (χ4v) is 2.28. The van der Waals surface area contributed by atoms with Crippen LogP contribution in [0.15, 0.2) is 52.2 Å². The van der Waals surface area contributed by atoms with Gasteiger partial charge in [-0.1, -0.05) is 20.7 Å². The standard InChI is InChI=1S/C13H14F2N3P/c14-13(15,19)12(6-7-12)10(16)8-11(17)18-9-4-2-1-3-5-9/h2,4-5,8H,6-7,16,19H2,(H2,17,18). The van der Waals surface area contributed by atoms with Crippen LogP contribution in [-0.4, -0.2) is 11.5 Å². The highest BCUT2D eigenvalue weighted by Crippen LogP contribution is 2.62. The maximum Gasteiger partial charge on any atom is 0.269 e. The Balaban J connectivity index is 2.18. The maximum absolute atomic E-state index is 13.4. The Morgan fingerprint density at radius 2 is 2.11 bits per heavy atom. The maximum atomic E-state index is 13.4. The van der Waals surface area contributed by atoms with Crippen molar-refractivity contribution in [1.82, 2.24) is 0 Å². The van der Waals surface area contributed by atoms with E-state index in [2.05, 4.69) is 16.5 Å². The molecule has 2 aliphatic carbocycles. The Labute approximate surface area is 112 Å². The van der Waals surface area contributed by atoms with E-state index in [0.717, 1.165) is 0 Å². The van der Waals surface area contributed by atoms with Gasteiger partial charge in [-0.2, -0.15) is 0 Å². The lowest BCUT2D eigenvalue weighted by molar-refractivity contribution is 0.0387. The molecule has 0 aromatic heterocycles. The number of rotatable bonds is 4. The van der Waals surface area contributed by atoms with Crippen molar-refractivity contribution >= 4 is 15.1 Å². The monoisotopic (exact) mass is 281 g/mol. The van der Waals surface area contributed by atoms with Crippen LogP contribution in [0.4, 0.5) is 8.78 Å². The van der Waals surface area contributed by atoms with Crippen molar-refractivity contribution in [2.45, 2.75) is 18.5 Å². The van der Waals surface area contributed by atoms with Crippen molar-refractivity contribution in [2.24, 2.45) is 21.9 Å². The number of hydrogen-bond donors (Lipinski definition) is 2. The average molecular weight is 281 g/mol. The summed E-state index contributed by atoms with van der Waals surface area (Å²) >= 11 is 0. The summed E-state index contributed by atoms with van der Waals surface area (Å²) < 4.78 is 26.9. The van der Waals surface area contributed by atoms with Crippen LogP contribution in [0.3, 0.4) is 0 Å². The van der Waals surface area contributed by atoms with Crippen LogP contribution in [0, 0.1) is 5.41 Å². The van der Waals surface area contributed by atoms with Gasteiger partial charge in [0.05, 0.1) is 11.1 Å². The molecule has 0 bridgehead atoms. The van der Waals surface area contributed by atoms with E-state index in [1.807, 2.05) is 0 Å². The number of nitrogens with two attached hydrogens (primary N) is 2. The van der Waals surface area contributed by atoms with Crippen LogP contribution in [0.2, 0.25) is 0 Å². The van der Waals surface area contributed by atoms with E-state index in [9.17, 15) is 8.78 Å². The molecule has 0 heterocycles. The molecule has 0 saturated heterocycles. The van der Waals surface area contributed by atoms with Crippen molar-refractivity contribution in [1.29, 1.82) is 0 Å². The Bertz CT molecular complexity index is 579. The van der Waals surface area contributed by atoms with Gasteiger partial charge in [0.1, 0.15) is 5.84 Å². The Kier molecular flexibility index (Phi) is 3.47. The lowest BCUT2D eigenvalue weighted by Crippen LogP contribution is -2.30. The predicted molar refractivity (Wildman–Crippen MR) is 74.5 cm³/mol. The Hall–Kier alpha value is -1.66. The van der Waals surface area contributed by atoms with E-state index >= 15 is 0 Å². The van der Waals surface area contributed by atoms with Gasteiger partial charge < -0.3 is 11.5 Å². The molecule has 19 heavy (non-hydrogen) atoms. The minimum Gasteiger partial charge on any atom is -0.401 e. The smallest absolute Gasteiger partial charge is 0.269 e. The van der Waals surface area contributed by atoms with Crippen molar-refractivity contribution < 1.29 is 8.78 Å². The number of amidine groups is 1. The van der Waals surface area contributed by atoms with E-state index in [0.29, 0.717) is 18.5 Å². The molecule has 0 aromatic carbocycles. The number of allylic oxidation sites excluding steroid dienone is 4. The molecule has 1 saturated carbocycles. The minimum absolute atomic E-state index is 0.0697. The summed E-state index contributed by atoms with van der Waals surface area (Å²) in [7, 11) is 1.55. The highest BCUT2D eigenvalue weighted by molar-refractivity contribution is 7.18. The largest absolute Gasteiger partial charge is 0.401 e. The Morgan fingerprint density at radius 3 is 2.58 bits per heavy atom. The van der Waals surface area contributed by atoms with Crippen LogP contribution < -0.4 is 11.5 Å². The summed E-state index contributed by atoms with van der Waals surface area (Å²) in [5.41, 5.74) is 13.3. The molecule has 0 spiro atoms. The lowest BCUT2D eigenvalue weighted by atomic mass is 10.0. The van der Waals surface area contributed by atoms with Crippen LogP contribution in [-0.2, 0) is 0 Å². The average Bonchev–Trinajstić information content (AvgIpc) is 3.10. The van der Waals surface area contributed by atoms with Gasteiger partial charge in [-0.25, -0.2) is 13.8 Å². The second kappa shape index (κ2) is 4.79. The number of aliphatic imine (C=N–C) groups is 1. The molecule has 6 heteroatoms. The first-order valence-electron chi connectivity index (χ1n) is 5.71. The summed E-state index contributed by atoms with van der Waals surface area (Å²) in [6, 6.07) is 0. The van der Waals surface area contributed by atoms with Gasteiger partial charge in [-0.3, -0.25) is 0 Å². The topological polar surface area (TPSA) is 64.4 Å². The van der Waals surface area contributed by atoms with Crippen molar-refractivity contribution in [3.8, 4) is 0 Å². The summed E-state index contributed by atoms with van der Waals surface area (Å²) in [6.45, 7) is 0. The molecular weight excluding hydrogens is 267 g/mol. The third-order valence-corrected chi connectivity index (χ3v) is 3.70. The summed E-state index contributed by atoms with van der Waals surface area (Å²) in [5, 5.41) is 0. The molecule has 3 nitrogen and oxygen atoms in total. The SMILES string of the molecule is NC(=CC(N)=NC1=CC=C=C=C1)C1(C(F)(F)P)CC1. The third kappa shape index (κ3) is 2.85. The molecule has 4 N–H and O–H groups in total. The van der Waals surface area contributed by atoms with Gasteiger partial charge in [-0.15, -0.1) is 0 Å². The van der Waals surface area contributed by atoms with Crippen LogP contribution in [0.5, 0.6) is 0 Å². The van der Waals surface area contributed by atoms with E-state index in [-0.39, 0.29) is 11.5 Å². The van der Waals surface area contributed by atoms with E-state index in [1.54, 1.807) is 27.5 Å². The summed E-state index contributed by atoms with van der Waals surface area (Å²) in [4.78, 5) is 4.06. The molecule has 2 aliphatic rings. The van der Waals surface area contributed by atoms with Gasteiger partial charge >= 0.3 is 0 Å². The number of nitrogens with zero attached hydrogens (tertiary/aromatic N) is 1. The number of halogens is 2. The predicted octanol–water partition coefficient (Wildman–Crippen LogP) is 2.20. The number of alkyl halides is 2. The molecule has 1 unspecified atom stereocenters. The Morgan fingerprint density at radius 1 is 1.42 bits per heavy atom. The molecule has 0 amide bonds. The lowest BCUT2D eigenvalue weighted by Gasteiger charge is -2.23. The fraction of sp³-hybridized carbons (Fsp3) is 0.308. The molecule has 0 aromatic rings.